The summed E-state index contributed by atoms with van der Waals surface area (Å²) in [6.07, 6.45) is 0. The van der Waals surface area contributed by atoms with E-state index >= 15 is 0 Å². The van der Waals surface area contributed by atoms with E-state index in [0.717, 1.165) is 16.5 Å². The van der Waals surface area contributed by atoms with Crippen molar-refractivity contribution < 1.29 is 4.79 Å². The third-order valence-corrected chi connectivity index (χ3v) is 3.37. The summed E-state index contributed by atoms with van der Waals surface area (Å²) >= 11 is 0. The van der Waals surface area contributed by atoms with Crippen molar-refractivity contribution in [3.63, 3.8) is 0 Å². The fourth-order valence-corrected chi connectivity index (χ4v) is 2.45. The fourth-order valence-electron chi connectivity index (χ4n) is 2.45. The topological polar surface area (TPSA) is 54.7 Å². The number of para-hydroxylation sites is 1. The highest BCUT2D eigenvalue weighted by atomic mass is 16.2. The fraction of sp³-hybridized carbons (Fsp3) is 0. The summed E-state index contributed by atoms with van der Waals surface area (Å²) in [6, 6.07) is 17.3. The molecule has 1 aliphatic heterocycles. The Bertz CT molecular complexity index is 870. The van der Waals surface area contributed by atoms with Gasteiger partial charge in [-0.1, -0.05) is 48.5 Å². The second-order valence-electron chi connectivity index (χ2n) is 4.57. The number of rotatable bonds is 1. The number of azo groups is 1. The van der Waals surface area contributed by atoms with Crippen LogP contribution in [-0.4, -0.2) is 10.9 Å². The van der Waals surface area contributed by atoms with E-state index in [-0.39, 0.29) is 5.91 Å². The first-order valence-electron chi connectivity index (χ1n) is 6.29. The van der Waals surface area contributed by atoms with Crippen molar-refractivity contribution in [1.82, 2.24) is 4.98 Å². The lowest BCUT2D eigenvalue weighted by Crippen LogP contribution is -1.98. The number of amides is 1. The van der Waals surface area contributed by atoms with Crippen LogP contribution < -0.4 is 0 Å². The molecule has 0 N–H and O–H groups in total. The van der Waals surface area contributed by atoms with Gasteiger partial charge in [0.25, 0.3) is 5.91 Å². The molecule has 4 rings (SSSR count). The van der Waals surface area contributed by atoms with Crippen LogP contribution in [0.2, 0.25) is 0 Å². The highest BCUT2D eigenvalue weighted by Gasteiger charge is 2.26. The molecule has 0 aliphatic carbocycles. The standard InChI is InChI=1S/C16H9N3O/c20-16-13-14(10-6-2-1-3-7-10)17-12-9-5-4-8-11(12)15(13)18-19-16/h1-9H. The van der Waals surface area contributed by atoms with Gasteiger partial charge >= 0.3 is 0 Å². The molecule has 1 aliphatic rings. The first-order chi connectivity index (χ1) is 9.84. The quantitative estimate of drug-likeness (QED) is 0.659. The molecule has 20 heavy (non-hydrogen) atoms. The Morgan fingerprint density at radius 2 is 1.55 bits per heavy atom. The highest BCUT2D eigenvalue weighted by Crippen LogP contribution is 2.39. The maximum Gasteiger partial charge on any atom is 0.299 e. The van der Waals surface area contributed by atoms with Gasteiger partial charge in [0.15, 0.2) is 0 Å². The zero-order valence-corrected chi connectivity index (χ0v) is 10.4. The van der Waals surface area contributed by atoms with Crippen LogP contribution in [0.4, 0.5) is 5.69 Å². The van der Waals surface area contributed by atoms with Gasteiger partial charge in [-0.25, -0.2) is 4.98 Å². The summed E-state index contributed by atoms with van der Waals surface area (Å²) in [5.74, 6) is -0.322. The second kappa shape index (κ2) is 4.06. The van der Waals surface area contributed by atoms with Crippen LogP contribution >= 0.6 is 0 Å². The molecule has 0 saturated carbocycles. The largest absolute Gasteiger partial charge is 0.299 e. The number of hydrogen-bond acceptors (Lipinski definition) is 3. The third-order valence-electron chi connectivity index (χ3n) is 3.37. The SMILES string of the molecule is O=C1N=Nc2c1c(-c1ccccc1)nc1ccccc21. The summed E-state index contributed by atoms with van der Waals surface area (Å²) in [5.41, 5.74) is 3.48. The molecule has 0 atom stereocenters. The van der Waals surface area contributed by atoms with Crippen LogP contribution in [-0.2, 0) is 0 Å². The van der Waals surface area contributed by atoms with Gasteiger partial charge < -0.3 is 0 Å². The van der Waals surface area contributed by atoms with Crippen LogP contribution in [0, 0.1) is 0 Å². The van der Waals surface area contributed by atoms with Gasteiger partial charge in [0.2, 0.25) is 0 Å². The molecule has 4 nitrogen and oxygen atoms in total. The first kappa shape index (κ1) is 11.0. The monoisotopic (exact) mass is 259 g/mol. The number of benzene rings is 2. The molecule has 4 heteroatoms. The minimum absolute atomic E-state index is 0.322. The van der Waals surface area contributed by atoms with Crippen molar-refractivity contribution >= 4 is 22.5 Å². The average Bonchev–Trinajstić information content (AvgIpc) is 2.90. The molecule has 0 bridgehead atoms. The van der Waals surface area contributed by atoms with E-state index in [2.05, 4.69) is 15.2 Å². The summed E-state index contributed by atoms with van der Waals surface area (Å²) in [5, 5.41) is 8.57. The van der Waals surface area contributed by atoms with Crippen LogP contribution in [0.3, 0.4) is 0 Å². The van der Waals surface area contributed by atoms with Crippen molar-refractivity contribution in [2.75, 3.05) is 0 Å². The van der Waals surface area contributed by atoms with Crippen LogP contribution in [0.15, 0.2) is 64.8 Å². The van der Waals surface area contributed by atoms with Gasteiger partial charge in [-0.15, -0.1) is 10.2 Å². The van der Waals surface area contributed by atoms with Crippen molar-refractivity contribution in [1.29, 1.82) is 0 Å². The lowest BCUT2D eigenvalue weighted by molar-refractivity contribution is 0.100. The minimum Gasteiger partial charge on any atom is -0.265 e. The smallest absolute Gasteiger partial charge is 0.265 e. The van der Waals surface area contributed by atoms with E-state index in [0.29, 0.717) is 16.9 Å². The Kier molecular flexibility index (Phi) is 2.23. The number of carbonyl (C=O) groups excluding carboxylic acids is 1. The molecule has 94 valence electrons. The number of aromatic nitrogens is 1. The van der Waals surface area contributed by atoms with Crippen molar-refractivity contribution in [3.8, 4) is 11.3 Å². The Labute approximate surface area is 114 Å². The molecule has 3 aromatic rings. The number of nitrogens with zero attached hydrogens (tertiary/aromatic N) is 3. The molecule has 2 heterocycles. The van der Waals surface area contributed by atoms with Gasteiger partial charge in [-0.2, -0.15) is 0 Å². The van der Waals surface area contributed by atoms with Crippen molar-refractivity contribution in [2.45, 2.75) is 0 Å². The molecule has 0 unspecified atom stereocenters. The summed E-state index contributed by atoms with van der Waals surface area (Å²) < 4.78 is 0. The summed E-state index contributed by atoms with van der Waals surface area (Å²) in [6.45, 7) is 0. The van der Waals surface area contributed by atoms with Gasteiger partial charge in [0.1, 0.15) is 5.69 Å². The van der Waals surface area contributed by atoms with Crippen LogP contribution in [0.5, 0.6) is 0 Å². The van der Waals surface area contributed by atoms with E-state index in [9.17, 15) is 4.79 Å². The lowest BCUT2D eigenvalue weighted by atomic mass is 10.0. The third kappa shape index (κ3) is 1.48. The number of pyridine rings is 1. The maximum atomic E-state index is 12.0. The Morgan fingerprint density at radius 1 is 0.800 bits per heavy atom. The first-order valence-corrected chi connectivity index (χ1v) is 6.29. The predicted molar refractivity (Wildman–Crippen MR) is 76.0 cm³/mol. The Balaban J connectivity index is 2.13. The number of fused-ring (bicyclic) bond motifs is 3. The van der Waals surface area contributed by atoms with E-state index in [1.54, 1.807) is 0 Å². The van der Waals surface area contributed by atoms with Gasteiger partial charge in [-0.05, 0) is 6.07 Å². The minimum atomic E-state index is -0.322. The lowest BCUT2D eigenvalue weighted by Gasteiger charge is -2.08. The van der Waals surface area contributed by atoms with E-state index < -0.39 is 0 Å². The predicted octanol–water partition coefficient (Wildman–Crippen LogP) is 4.14. The van der Waals surface area contributed by atoms with Crippen molar-refractivity contribution in [3.05, 3.63) is 60.2 Å². The van der Waals surface area contributed by atoms with Gasteiger partial charge in [0.05, 0.1) is 16.8 Å². The molecule has 1 amide bonds. The van der Waals surface area contributed by atoms with E-state index in [1.807, 2.05) is 54.6 Å². The van der Waals surface area contributed by atoms with Crippen molar-refractivity contribution in [2.24, 2.45) is 10.2 Å². The average molecular weight is 259 g/mol. The molecule has 0 fully saturated rings. The molecule has 2 aromatic carbocycles. The number of carbonyl (C=O) groups is 1. The molecular weight excluding hydrogens is 250 g/mol. The maximum absolute atomic E-state index is 12.0. The highest BCUT2D eigenvalue weighted by molar-refractivity contribution is 6.13. The zero-order chi connectivity index (χ0) is 13.5. The molecule has 1 aromatic heterocycles. The second-order valence-corrected chi connectivity index (χ2v) is 4.57. The molecule has 0 saturated heterocycles. The zero-order valence-electron chi connectivity index (χ0n) is 10.4. The normalized spacial score (nSPS) is 12.9. The van der Waals surface area contributed by atoms with Gasteiger partial charge in [0, 0.05) is 10.9 Å². The molecular formula is C16H9N3O. The van der Waals surface area contributed by atoms with Gasteiger partial charge in [-0.3, -0.25) is 4.79 Å². The molecule has 0 spiro atoms. The summed E-state index contributed by atoms with van der Waals surface area (Å²) in [7, 11) is 0. The summed E-state index contributed by atoms with van der Waals surface area (Å²) in [4.78, 5) is 16.6. The number of hydrogen-bond donors (Lipinski definition) is 0. The molecule has 0 radical (unpaired) electrons. The van der Waals surface area contributed by atoms with E-state index in [4.69, 9.17) is 0 Å². The van der Waals surface area contributed by atoms with Crippen LogP contribution in [0.25, 0.3) is 22.2 Å². The Hall–Kier alpha value is -2.88. The van der Waals surface area contributed by atoms with Crippen LogP contribution in [0.1, 0.15) is 10.4 Å². The van der Waals surface area contributed by atoms with E-state index in [1.165, 1.54) is 0 Å². The Morgan fingerprint density at radius 3 is 2.40 bits per heavy atom.